The van der Waals surface area contributed by atoms with E-state index >= 15 is 0 Å². The van der Waals surface area contributed by atoms with Crippen molar-refractivity contribution < 1.29 is 26.7 Å². The summed E-state index contributed by atoms with van der Waals surface area (Å²) in [4.78, 5) is 22.0. The van der Waals surface area contributed by atoms with Crippen LogP contribution in [0.2, 0.25) is 0 Å². The van der Waals surface area contributed by atoms with Crippen LogP contribution in [0.1, 0.15) is 11.3 Å². The van der Waals surface area contributed by atoms with Crippen LogP contribution in [0.15, 0.2) is 30.6 Å². The first-order valence-electron chi connectivity index (χ1n) is 7.60. The summed E-state index contributed by atoms with van der Waals surface area (Å²) in [7, 11) is 0. The van der Waals surface area contributed by atoms with Gasteiger partial charge in [-0.1, -0.05) is 6.07 Å². The second-order valence-corrected chi connectivity index (χ2v) is 5.73. The number of nitrogens with zero attached hydrogens (tertiary/aromatic N) is 4. The van der Waals surface area contributed by atoms with Crippen molar-refractivity contribution >= 4 is 11.7 Å². The van der Waals surface area contributed by atoms with E-state index in [0.29, 0.717) is 0 Å². The van der Waals surface area contributed by atoms with E-state index in [1.54, 1.807) is 0 Å². The molecule has 0 spiro atoms. The van der Waals surface area contributed by atoms with E-state index in [1.807, 2.05) is 0 Å². The quantitative estimate of drug-likeness (QED) is 0.778. The van der Waals surface area contributed by atoms with Gasteiger partial charge in [0.1, 0.15) is 29.5 Å². The first kappa shape index (κ1) is 18.0. The summed E-state index contributed by atoms with van der Waals surface area (Å²) in [6.45, 7) is 0.150. The third-order valence-corrected chi connectivity index (χ3v) is 3.96. The Morgan fingerprint density at radius 3 is 2.50 bits per heavy atom. The lowest BCUT2D eigenvalue weighted by Gasteiger charge is -2.35. The van der Waals surface area contributed by atoms with E-state index in [4.69, 9.17) is 0 Å². The summed E-state index contributed by atoms with van der Waals surface area (Å²) < 4.78 is 64.9. The monoisotopic (exact) mass is 372 g/mol. The highest BCUT2D eigenvalue weighted by Gasteiger charge is 2.34. The van der Waals surface area contributed by atoms with E-state index in [-0.39, 0.29) is 37.6 Å². The van der Waals surface area contributed by atoms with Crippen molar-refractivity contribution in [1.29, 1.82) is 0 Å². The molecule has 5 nitrogen and oxygen atoms in total. The molecule has 1 aliphatic rings. The molecule has 0 bridgehead atoms. The summed E-state index contributed by atoms with van der Waals surface area (Å²) in [5, 5.41) is 0. The van der Waals surface area contributed by atoms with Gasteiger partial charge in [-0.15, -0.1) is 0 Å². The molecule has 1 fully saturated rings. The molecule has 0 radical (unpaired) electrons. The number of amides is 1. The van der Waals surface area contributed by atoms with Gasteiger partial charge in [0.2, 0.25) is 5.91 Å². The zero-order valence-corrected chi connectivity index (χ0v) is 13.3. The Hall–Kier alpha value is -2.78. The van der Waals surface area contributed by atoms with Crippen LogP contribution in [0.4, 0.5) is 27.8 Å². The molecule has 10 heteroatoms. The lowest BCUT2D eigenvalue weighted by molar-refractivity contribution is -0.141. The Kier molecular flexibility index (Phi) is 4.75. The fraction of sp³-hybridized carbons (Fsp3) is 0.312. The second kappa shape index (κ2) is 6.85. The number of carbonyl (C=O) groups excluding carboxylic acids is 1. The average Bonchev–Trinajstić information content (AvgIpc) is 2.58. The van der Waals surface area contributed by atoms with Crippen LogP contribution in [0.3, 0.4) is 0 Å². The molecule has 0 atom stereocenters. The predicted molar refractivity (Wildman–Crippen MR) is 81.0 cm³/mol. The first-order chi connectivity index (χ1) is 12.2. The minimum absolute atomic E-state index is 0.00622. The number of alkyl halides is 3. The number of anilines is 1. The maximum absolute atomic E-state index is 13.7. The third-order valence-electron chi connectivity index (χ3n) is 3.96. The fourth-order valence-corrected chi connectivity index (χ4v) is 2.60. The average molecular weight is 372 g/mol. The first-order valence-corrected chi connectivity index (χ1v) is 7.60. The molecule has 1 aliphatic heterocycles. The van der Waals surface area contributed by atoms with Gasteiger partial charge in [0, 0.05) is 37.3 Å². The second-order valence-electron chi connectivity index (χ2n) is 5.73. The lowest BCUT2D eigenvalue weighted by Crippen LogP contribution is -2.50. The Labute approximate surface area is 145 Å². The molecule has 2 heterocycles. The Bertz CT molecular complexity index is 827. The number of hydrogen-bond donors (Lipinski definition) is 0. The predicted octanol–water partition coefficient (Wildman–Crippen LogP) is 2.62. The molecule has 1 aromatic heterocycles. The highest BCUT2D eigenvalue weighted by molar-refractivity contribution is 5.82. The summed E-state index contributed by atoms with van der Waals surface area (Å²) in [5.74, 6) is -1.88. The van der Waals surface area contributed by atoms with Crippen molar-refractivity contribution in [1.82, 2.24) is 14.9 Å². The molecule has 1 aromatic carbocycles. The van der Waals surface area contributed by atoms with Crippen LogP contribution in [-0.2, 0) is 17.5 Å². The molecule has 3 rings (SSSR count). The van der Waals surface area contributed by atoms with Crippen LogP contribution < -0.4 is 4.90 Å². The number of benzene rings is 1. The van der Waals surface area contributed by atoms with Crippen molar-refractivity contribution in [3.05, 3.63) is 53.5 Å². The fourth-order valence-electron chi connectivity index (χ4n) is 2.60. The van der Waals surface area contributed by atoms with Gasteiger partial charge in [0.25, 0.3) is 0 Å². The van der Waals surface area contributed by atoms with Crippen LogP contribution in [0.5, 0.6) is 0 Å². The van der Waals surface area contributed by atoms with Gasteiger partial charge < -0.3 is 9.80 Å². The van der Waals surface area contributed by atoms with Crippen molar-refractivity contribution in [2.75, 3.05) is 24.5 Å². The van der Waals surface area contributed by atoms with E-state index in [2.05, 4.69) is 9.97 Å². The van der Waals surface area contributed by atoms with Gasteiger partial charge in [-0.25, -0.2) is 18.7 Å². The van der Waals surface area contributed by atoms with E-state index in [0.717, 1.165) is 24.5 Å². The number of piperazine rings is 1. The van der Waals surface area contributed by atoms with Crippen LogP contribution in [-0.4, -0.2) is 40.4 Å². The molecule has 0 unspecified atom stereocenters. The molecule has 0 saturated carbocycles. The number of aromatic nitrogens is 2. The van der Waals surface area contributed by atoms with Gasteiger partial charge in [-0.05, 0) is 6.07 Å². The Morgan fingerprint density at radius 2 is 1.85 bits per heavy atom. The van der Waals surface area contributed by atoms with Gasteiger partial charge in [-0.3, -0.25) is 4.79 Å². The number of carbonyl (C=O) groups is 1. The molecular formula is C16H13F5N4O. The SMILES string of the molecule is O=C1CN(c2cc(C(F)(F)F)ncn2)CCN1Cc1ccc(F)cc1F. The van der Waals surface area contributed by atoms with Crippen LogP contribution >= 0.6 is 0 Å². The third kappa shape index (κ3) is 3.89. The molecule has 0 aliphatic carbocycles. The van der Waals surface area contributed by atoms with Crippen molar-refractivity contribution in [2.45, 2.75) is 12.7 Å². The summed E-state index contributed by atoms with van der Waals surface area (Å²) in [6, 6.07) is 3.86. The zero-order valence-electron chi connectivity index (χ0n) is 13.3. The minimum Gasteiger partial charge on any atom is -0.345 e. The maximum Gasteiger partial charge on any atom is 0.433 e. The molecule has 26 heavy (non-hydrogen) atoms. The van der Waals surface area contributed by atoms with E-state index in [9.17, 15) is 26.7 Å². The topological polar surface area (TPSA) is 49.3 Å². The van der Waals surface area contributed by atoms with Crippen LogP contribution in [0.25, 0.3) is 0 Å². The lowest BCUT2D eigenvalue weighted by atomic mass is 10.1. The molecule has 0 N–H and O–H groups in total. The number of halogens is 5. The van der Waals surface area contributed by atoms with Gasteiger partial charge in [0.15, 0.2) is 0 Å². The minimum atomic E-state index is -4.61. The van der Waals surface area contributed by atoms with Crippen molar-refractivity contribution in [3.63, 3.8) is 0 Å². The van der Waals surface area contributed by atoms with Gasteiger partial charge >= 0.3 is 6.18 Å². The molecule has 1 saturated heterocycles. The van der Waals surface area contributed by atoms with Crippen LogP contribution in [0, 0.1) is 11.6 Å². The molecule has 138 valence electrons. The highest BCUT2D eigenvalue weighted by atomic mass is 19.4. The van der Waals surface area contributed by atoms with E-state index in [1.165, 1.54) is 15.9 Å². The van der Waals surface area contributed by atoms with E-state index < -0.39 is 29.4 Å². The Morgan fingerprint density at radius 1 is 1.08 bits per heavy atom. The largest absolute Gasteiger partial charge is 0.433 e. The standard InChI is InChI=1S/C16H13F5N4O/c17-11-2-1-10(12(18)5-11)7-25-4-3-24(8-15(25)26)14-6-13(16(19,20)21)22-9-23-14/h1-2,5-6,9H,3-4,7-8H2. The van der Waals surface area contributed by atoms with Gasteiger partial charge in [-0.2, -0.15) is 13.2 Å². The van der Waals surface area contributed by atoms with Crippen molar-refractivity contribution in [3.8, 4) is 0 Å². The highest BCUT2D eigenvalue weighted by Crippen LogP contribution is 2.29. The molecule has 2 aromatic rings. The smallest absolute Gasteiger partial charge is 0.345 e. The molecule has 1 amide bonds. The summed E-state index contributed by atoms with van der Waals surface area (Å²) >= 11 is 0. The number of hydrogen-bond acceptors (Lipinski definition) is 4. The zero-order chi connectivity index (χ0) is 18.9. The summed E-state index contributed by atoms with van der Waals surface area (Å²) in [6.07, 6.45) is -3.81. The van der Waals surface area contributed by atoms with Crippen molar-refractivity contribution in [2.24, 2.45) is 0 Å². The normalized spacial score (nSPS) is 15.5. The number of rotatable bonds is 3. The molecular weight excluding hydrogens is 359 g/mol. The summed E-state index contributed by atoms with van der Waals surface area (Å²) in [5.41, 5.74) is -0.930. The Balaban J connectivity index is 1.70. The maximum atomic E-state index is 13.7. The van der Waals surface area contributed by atoms with Gasteiger partial charge in [0.05, 0.1) is 6.54 Å².